The fourth-order valence-electron chi connectivity index (χ4n) is 2.55. The number of nitrogens with zero attached hydrogens (tertiary/aromatic N) is 3. The van der Waals surface area contributed by atoms with Gasteiger partial charge in [0.15, 0.2) is 12.4 Å². The van der Waals surface area contributed by atoms with Gasteiger partial charge in [0.2, 0.25) is 0 Å². The van der Waals surface area contributed by atoms with Crippen LogP contribution in [0.15, 0.2) is 61.2 Å². The van der Waals surface area contributed by atoms with Gasteiger partial charge in [0.25, 0.3) is 5.91 Å². The number of aromatic nitrogens is 3. The molecular formula is C18H18N4O3. The molecule has 0 aliphatic carbocycles. The third kappa shape index (κ3) is 3.60. The maximum Gasteiger partial charge on any atom is 0.252 e. The van der Waals surface area contributed by atoms with Gasteiger partial charge in [0, 0.05) is 31.6 Å². The molecule has 1 unspecified atom stereocenters. The third-order valence-electron chi connectivity index (χ3n) is 3.88. The number of ether oxygens (including phenoxy) is 1. The molecule has 2 aromatic heterocycles. The molecular weight excluding hydrogens is 320 g/mol. The summed E-state index contributed by atoms with van der Waals surface area (Å²) in [5.41, 5.74) is 1.24. The molecule has 1 N–H and O–H groups in total. The van der Waals surface area contributed by atoms with Gasteiger partial charge in [0.05, 0.1) is 12.7 Å². The lowest BCUT2D eigenvalue weighted by atomic mass is 10.0. The molecule has 1 amide bonds. The van der Waals surface area contributed by atoms with E-state index in [9.17, 15) is 10.0 Å². The lowest BCUT2D eigenvalue weighted by Crippen LogP contribution is -2.32. The molecule has 0 saturated heterocycles. The normalized spacial score (nSPS) is 11.8. The van der Waals surface area contributed by atoms with Crippen molar-refractivity contribution in [3.63, 3.8) is 0 Å². The van der Waals surface area contributed by atoms with Crippen LogP contribution >= 0.6 is 0 Å². The maximum absolute atomic E-state index is 12.6. The van der Waals surface area contributed by atoms with Crippen LogP contribution in [0.1, 0.15) is 27.8 Å². The fourth-order valence-corrected chi connectivity index (χ4v) is 2.55. The summed E-state index contributed by atoms with van der Waals surface area (Å²) in [5, 5.41) is 14.1. The van der Waals surface area contributed by atoms with Crippen LogP contribution < -0.4 is 14.8 Å². The molecule has 25 heavy (non-hydrogen) atoms. The van der Waals surface area contributed by atoms with Crippen molar-refractivity contribution in [2.75, 3.05) is 7.11 Å². The Morgan fingerprint density at radius 1 is 1.32 bits per heavy atom. The number of rotatable bonds is 5. The van der Waals surface area contributed by atoms with Gasteiger partial charge in [0.1, 0.15) is 17.6 Å². The Kier molecular flexibility index (Phi) is 4.65. The molecule has 0 aliphatic heterocycles. The van der Waals surface area contributed by atoms with Gasteiger partial charge < -0.3 is 19.8 Å². The van der Waals surface area contributed by atoms with Crippen molar-refractivity contribution in [1.82, 2.24) is 14.9 Å². The van der Waals surface area contributed by atoms with Crippen molar-refractivity contribution in [1.29, 1.82) is 0 Å². The molecule has 1 aromatic carbocycles. The van der Waals surface area contributed by atoms with Crippen molar-refractivity contribution in [3.8, 4) is 5.75 Å². The molecule has 1 atom stereocenters. The number of carbonyl (C=O) groups excluding carboxylic acids is 1. The molecule has 0 spiro atoms. The predicted molar refractivity (Wildman–Crippen MR) is 90.9 cm³/mol. The molecule has 3 rings (SSSR count). The summed E-state index contributed by atoms with van der Waals surface area (Å²) in [6, 6.07) is 9.95. The van der Waals surface area contributed by atoms with E-state index in [0.717, 1.165) is 5.56 Å². The molecule has 0 aliphatic rings. The summed E-state index contributed by atoms with van der Waals surface area (Å²) in [5.74, 6) is 1.09. The Balaban J connectivity index is 1.95. The van der Waals surface area contributed by atoms with Crippen LogP contribution in [0.5, 0.6) is 5.75 Å². The standard InChI is InChI=1S/C18H18N4O3/c1-21-11-8-19-17(21)16(14-4-3-5-15(12-14)25-2)20-18(23)13-6-9-22(24)10-7-13/h3-12,16H,1-2H3,(H,20,23). The topological polar surface area (TPSA) is 83.1 Å². The minimum atomic E-state index is -0.456. The molecule has 3 aromatic rings. The van der Waals surface area contributed by atoms with Crippen LogP contribution in [0, 0.1) is 5.21 Å². The maximum atomic E-state index is 12.6. The van der Waals surface area contributed by atoms with E-state index < -0.39 is 6.04 Å². The number of amides is 1. The summed E-state index contributed by atoms with van der Waals surface area (Å²) < 4.78 is 7.76. The summed E-state index contributed by atoms with van der Waals surface area (Å²) in [7, 11) is 3.46. The molecule has 0 fully saturated rings. The highest BCUT2D eigenvalue weighted by atomic mass is 16.5. The van der Waals surface area contributed by atoms with E-state index in [1.807, 2.05) is 42.1 Å². The van der Waals surface area contributed by atoms with E-state index in [1.54, 1.807) is 13.3 Å². The van der Waals surface area contributed by atoms with Gasteiger partial charge in [-0.25, -0.2) is 4.98 Å². The number of imidazole rings is 1. The van der Waals surface area contributed by atoms with E-state index in [2.05, 4.69) is 10.3 Å². The lowest BCUT2D eigenvalue weighted by Gasteiger charge is -2.19. The number of methoxy groups -OCH3 is 1. The number of benzene rings is 1. The van der Waals surface area contributed by atoms with E-state index in [1.165, 1.54) is 24.5 Å². The van der Waals surface area contributed by atoms with E-state index in [0.29, 0.717) is 21.9 Å². The molecule has 2 heterocycles. The number of nitrogens with one attached hydrogen (secondary N) is 1. The predicted octanol–water partition coefficient (Wildman–Crippen LogP) is 1.58. The molecule has 0 bridgehead atoms. The summed E-state index contributed by atoms with van der Waals surface area (Å²) >= 11 is 0. The largest absolute Gasteiger partial charge is 0.619 e. The Labute approximate surface area is 145 Å². The first-order chi connectivity index (χ1) is 12.1. The summed E-state index contributed by atoms with van der Waals surface area (Å²) in [4.78, 5) is 17.0. The SMILES string of the molecule is COc1cccc(C(NC(=O)c2cc[n+]([O-])cc2)c2nccn2C)c1. The van der Waals surface area contributed by atoms with Crippen molar-refractivity contribution in [2.24, 2.45) is 7.05 Å². The van der Waals surface area contributed by atoms with Crippen molar-refractivity contribution in [3.05, 3.63) is 83.3 Å². The molecule has 7 heteroatoms. The van der Waals surface area contributed by atoms with Crippen LogP contribution in [-0.2, 0) is 7.05 Å². The zero-order valence-corrected chi connectivity index (χ0v) is 13.9. The number of aryl methyl sites for hydroxylation is 1. The number of hydrogen-bond donors (Lipinski definition) is 1. The summed E-state index contributed by atoms with van der Waals surface area (Å²) in [6.07, 6.45) is 6.07. The minimum Gasteiger partial charge on any atom is -0.619 e. The molecule has 7 nitrogen and oxygen atoms in total. The first-order valence-corrected chi connectivity index (χ1v) is 7.69. The number of pyridine rings is 1. The van der Waals surface area contributed by atoms with Gasteiger partial charge in [-0.2, -0.15) is 4.73 Å². The van der Waals surface area contributed by atoms with Gasteiger partial charge in [-0.1, -0.05) is 12.1 Å². The fraction of sp³-hybridized carbons (Fsp3) is 0.167. The first kappa shape index (κ1) is 16.5. The zero-order valence-electron chi connectivity index (χ0n) is 13.9. The highest BCUT2D eigenvalue weighted by molar-refractivity contribution is 5.94. The van der Waals surface area contributed by atoms with E-state index in [-0.39, 0.29) is 5.91 Å². The highest BCUT2D eigenvalue weighted by Crippen LogP contribution is 2.24. The van der Waals surface area contributed by atoms with Gasteiger partial charge >= 0.3 is 0 Å². The van der Waals surface area contributed by atoms with Crippen molar-refractivity contribution >= 4 is 5.91 Å². The second kappa shape index (κ2) is 7.04. The van der Waals surface area contributed by atoms with E-state index in [4.69, 9.17) is 4.74 Å². The first-order valence-electron chi connectivity index (χ1n) is 7.69. The second-order valence-electron chi connectivity index (χ2n) is 5.53. The van der Waals surface area contributed by atoms with Crippen LogP contribution in [0.25, 0.3) is 0 Å². The Hall–Kier alpha value is -3.35. The zero-order chi connectivity index (χ0) is 17.8. The summed E-state index contributed by atoms with van der Waals surface area (Å²) in [6.45, 7) is 0. The quantitative estimate of drug-likeness (QED) is 0.565. The third-order valence-corrected chi connectivity index (χ3v) is 3.88. The molecule has 0 radical (unpaired) electrons. The average Bonchev–Trinajstić information content (AvgIpc) is 3.06. The van der Waals surface area contributed by atoms with E-state index >= 15 is 0 Å². The van der Waals surface area contributed by atoms with Crippen LogP contribution in [0.4, 0.5) is 0 Å². The second-order valence-corrected chi connectivity index (χ2v) is 5.53. The lowest BCUT2D eigenvalue weighted by molar-refractivity contribution is -0.605. The van der Waals surface area contributed by atoms with Crippen LogP contribution in [-0.4, -0.2) is 22.6 Å². The molecule has 0 saturated carbocycles. The highest BCUT2D eigenvalue weighted by Gasteiger charge is 2.22. The minimum absolute atomic E-state index is 0.295. The van der Waals surface area contributed by atoms with Gasteiger partial charge in [-0.3, -0.25) is 4.79 Å². The van der Waals surface area contributed by atoms with Crippen molar-refractivity contribution in [2.45, 2.75) is 6.04 Å². The number of hydrogen-bond acceptors (Lipinski definition) is 4. The Morgan fingerprint density at radius 2 is 2.08 bits per heavy atom. The Morgan fingerprint density at radius 3 is 2.72 bits per heavy atom. The average molecular weight is 338 g/mol. The van der Waals surface area contributed by atoms with Gasteiger partial charge in [-0.05, 0) is 17.7 Å². The monoisotopic (exact) mass is 338 g/mol. The van der Waals surface area contributed by atoms with Crippen molar-refractivity contribution < 1.29 is 14.3 Å². The van der Waals surface area contributed by atoms with Crippen LogP contribution in [0.3, 0.4) is 0 Å². The smallest absolute Gasteiger partial charge is 0.252 e. The Bertz CT molecular complexity index is 874. The molecule has 128 valence electrons. The van der Waals surface area contributed by atoms with Gasteiger partial charge in [-0.15, -0.1) is 0 Å². The number of carbonyl (C=O) groups is 1. The van der Waals surface area contributed by atoms with Crippen LogP contribution in [0.2, 0.25) is 0 Å².